The van der Waals surface area contributed by atoms with E-state index in [1.165, 1.54) is 14.2 Å². The van der Waals surface area contributed by atoms with Gasteiger partial charge in [-0.25, -0.2) is 0 Å². The zero-order valence-electron chi connectivity index (χ0n) is 14.1. The SMILES string of the molecule is COP(=O)(CCON(Cc1ccccc1)Cc1ccccc1)OC. The lowest BCUT2D eigenvalue weighted by Crippen LogP contribution is -2.25. The molecule has 0 radical (unpaired) electrons. The Morgan fingerprint density at radius 3 is 1.71 bits per heavy atom. The molecule has 0 aliphatic carbocycles. The zero-order valence-corrected chi connectivity index (χ0v) is 15.0. The van der Waals surface area contributed by atoms with Gasteiger partial charge >= 0.3 is 7.60 Å². The fourth-order valence-electron chi connectivity index (χ4n) is 2.26. The van der Waals surface area contributed by atoms with E-state index in [4.69, 9.17) is 13.9 Å². The molecular formula is C18H24NO4P. The molecule has 6 heteroatoms. The molecule has 0 saturated heterocycles. The summed E-state index contributed by atoms with van der Waals surface area (Å²) >= 11 is 0. The van der Waals surface area contributed by atoms with Gasteiger partial charge < -0.3 is 9.05 Å². The van der Waals surface area contributed by atoms with Crippen LogP contribution >= 0.6 is 7.60 Å². The van der Waals surface area contributed by atoms with Crippen molar-refractivity contribution in [1.29, 1.82) is 0 Å². The van der Waals surface area contributed by atoms with Gasteiger partial charge in [-0.05, 0) is 11.1 Å². The van der Waals surface area contributed by atoms with Crippen molar-refractivity contribution in [3.05, 3.63) is 71.8 Å². The molecule has 0 heterocycles. The quantitative estimate of drug-likeness (QED) is 0.477. The Bertz CT molecular complexity index is 586. The van der Waals surface area contributed by atoms with Crippen LogP contribution in [0.4, 0.5) is 0 Å². The third-order valence-corrected chi connectivity index (χ3v) is 5.44. The number of nitrogens with zero attached hydrogens (tertiary/aromatic N) is 1. The number of rotatable bonds is 10. The average Bonchev–Trinajstić information content (AvgIpc) is 2.63. The largest absolute Gasteiger partial charge is 0.332 e. The second-order valence-corrected chi connectivity index (χ2v) is 7.70. The van der Waals surface area contributed by atoms with Gasteiger partial charge in [-0.3, -0.25) is 9.40 Å². The maximum absolute atomic E-state index is 12.1. The lowest BCUT2D eigenvalue weighted by atomic mass is 10.2. The van der Waals surface area contributed by atoms with Gasteiger partial charge in [0.05, 0.1) is 12.8 Å². The summed E-state index contributed by atoms with van der Waals surface area (Å²) < 4.78 is 22.0. The number of hydroxylamine groups is 2. The Labute approximate surface area is 143 Å². The van der Waals surface area contributed by atoms with E-state index in [0.717, 1.165) is 11.1 Å². The van der Waals surface area contributed by atoms with Crippen LogP contribution in [-0.4, -0.2) is 32.1 Å². The first-order valence-electron chi connectivity index (χ1n) is 7.81. The maximum atomic E-state index is 12.1. The maximum Gasteiger partial charge on any atom is 0.332 e. The average molecular weight is 349 g/mol. The van der Waals surface area contributed by atoms with Crippen molar-refractivity contribution in [2.45, 2.75) is 13.1 Å². The molecule has 2 rings (SSSR count). The van der Waals surface area contributed by atoms with E-state index in [2.05, 4.69) is 24.3 Å². The molecule has 24 heavy (non-hydrogen) atoms. The molecule has 0 aromatic heterocycles. The van der Waals surface area contributed by atoms with Gasteiger partial charge in [0.2, 0.25) is 0 Å². The van der Waals surface area contributed by atoms with Gasteiger partial charge in [0, 0.05) is 27.3 Å². The summed E-state index contributed by atoms with van der Waals surface area (Å²) in [6.07, 6.45) is 0.208. The molecule has 0 atom stereocenters. The van der Waals surface area contributed by atoms with E-state index in [0.29, 0.717) is 13.1 Å². The Kier molecular flexibility index (Phi) is 7.63. The highest BCUT2D eigenvalue weighted by atomic mass is 31.2. The summed E-state index contributed by atoms with van der Waals surface area (Å²) in [5.74, 6) is 0. The van der Waals surface area contributed by atoms with Crippen LogP contribution < -0.4 is 0 Å². The zero-order chi connectivity index (χ0) is 17.3. The monoisotopic (exact) mass is 349 g/mol. The van der Waals surface area contributed by atoms with Crippen LogP contribution in [0.2, 0.25) is 0 Å². The highest BCUT2D eigenvalue weighted by Crippen LogP contribution is 2.45. The molecule has 0 N–H and O–H groups in total. The Balaban J connectivity index is 1.98. The highest BCUT2D eigenvalue weighted by molar-refractivity contribution is 7.53. The minimum Gasteiger partial charge on any atom is -0.312 e. The smallest absolute Gasteiger partial charge is 0.312 e. The fourth-order valence-corrected chi connectivity index (χ4v) is 3.08. The predicted molar refractivity (Wildman–Crippen MR) is 94.6 cm³/mol. The molecule has 0 bridgehead atoms. The topological polar surface area (TPSA) is 48.0 Å². The Morgan fingerprint density at radius 1 is 0.833 bits per heavy atom. The molecule has 2 aromatic rings. The van der Waals surface area contributed by atoms with Crippen LogP contribution in [0, 0.1) is 0 Å². The highest BCUT2D eigenvalue weighted by Gasteiger charge is 2.21. The molecule has 0 saturated carbocycles. The summed E-state index contributed by atoms with van der Waals surface area (Å²) in [5, 5.41) is 1.86. The molecule has 130 valence electrons. The van der Waals surface area contributed by atoms with Gasteiger partial charge in [-0.2, -0.15) is 5.06 Å². The van der Waals surface area contributed by atoms with Gasteiger partial charge in [-0.15, -0.1) is 0 Å². The Hall–Kier alpha value is -1.49. The van der Waals surface area contributed by atoms with E-state index < -0.39 is 7.60 Å². The molecular weight excluding hydrogens is 325 g/mol. The normalized spacial score (nSPS) is 11.8. The van der Waals surface area contributed by atoms with E-state index in [1.54, 1.807) is 0 Å². The standard InChI is InChI=1S/C18H24NO4P/c1-21-24(20,22-2)14-13-23-19(15-17-9-5-3-6-10-17)16-18-11-7-4-8-12-18/h3-12H,13-16H2,1-2H3. The van der Waals surface area contributed by atoms with Gasteiger partial charge in [-0.1, -0.05) is 60.7 Å². The third-order valence-electron chi connectivity index (χ3n) is 3.60. The van der Waals surface area contributed by atoms with Crippen molar-refractivity contribution < 1.29 is 18.5 Å². The fraction of sp³-hybridized carbons (Fsp3) is 0.333. The van der Waals surface area contributed by atoms with Crippen molar-refractivity contribution in [3.63, 3.8) is 0 Å². The molecule has 0 amide bonds. The van der Waals surface area contributed by atoms with Gasteiger partial charge in [0.1, 0.15) is 0 Å². The first-order chi connectivity index (χ1) is 11.6. The molecule has 0 aliphatic heterocycles. The second-order valence-electron chi connectivity index (χ2n) is 5.30. The summed E-state index contributed by atoms with van der Waals surface area (Å²) in [4.78, 5) is 5.85. The summed E-state index contributed by atoms with van der Waals surface area (Å²) in [5.41, 5.74) is 2.30. The minimum absolute atomic E-state index is 0.208. The first-order valence-corrected chi connectivity index (χ1v) is 9.54. The minimum atomic E-state index is -3.05. The van der Waals surface area contributed by atoms with Crippen LogP contribution in [0.3, 0.4) is 0 Å². The molecule has 0 aliphatic rings. The first kappa shape index (κ1) is 18.8. The van der Waals surface area contributed by atoms with Gasteiger partial charge in [0.15, 0.2) is 0 Å². The molecule has 2 aromatic carbocycles. The van der Waals surface area contributed by atoms with E-state index in [9.17, 15) is 4.57 Å². The lowest BCUT2D eigenvalue weighted by Gasteiger charge is -2.23. The lowest BCUT2D eigenvalue weighted by molar-refractivity contribution is -0.169. The predicted octanol–water partition coefficient (Wildman–Crippen LogP) is 4.11. The van der Waals surface area contributed by atoms with Crippen molar-refractivity contribution in [1.82, 2.24) is 5.06 Å². The molecule has 5 nitrogen and oxygen atoms in total. The summed E-state index contributed by atoms with van der Waals surface area (Å²) in [6.45, 7) is 1.54. The van der Waals surface area contributed by atoms with Crippen molar-refractivity contribution in [3.8, 4) is 0 Å². The van der Waals surface area contributed by atoms with Crippen LogP contribution in [-0.2, 0) is 31.5 Å². The number of hydrogen-bond acceptors (Lipinski definition) is 5. The second kappa shape index (κ2) is 9.72. The van der Waals surface area contributed by atoms with Gasteiger partial charge in [0.25, 0.3) is 0 Å². The number of hydrogen-bond donors (Lipinski definition) is 0. The number of benzene rings is 2. The van der Waals surface area contributed by atoms with E-state index in [1.807, 2.05) is 41.5 Å². The Morgan fingerprint density at radius 2 is 1.29 bits per heavy atom. The summed E-state index contributed by atoms with van der Waals surface area (Å²) in [7, 11) is -0.284. The third kappa shape index (κ3) is 6.19. The molecule has 0 fully saturated rings. The van der Waals surface area contributed by atoms with E-state index >= 15 is 0 Å². The molecule has 0 unspecified atom stereocenters. The van der Waals surface area contributed by atoms with Crippen molar-refractivity contribution in [2.75, 3.05) is 27.0 Å². The van der Waals surface area contributed by atoms with E-state index in [-0.39, 0.29) is 12.8 Å². The summed E-state index contributed by atoms with van der Waals surface area (Å²) in [6, 6.07) is 20.2. The van der Waals surface area contributed by atoms with Crippen LogP contribution in [0.5, 0.6) is 0 Å². The van der Waals surface area contributed by atoms with Crippen LogP contribution in [0.1, 0.15) is 11.1 Å². The van der Waals surface area contributed by atoms with Crippen LogP contribution in [0.15, 0.2) is 60.7 Å². The molecule has 0 spiro atoms. The van der Waals surface area contributed by atoms with Crippen molar-refractivity contribution in [2.24, 2.45) is 0 Å². The van der Waals surface area contributed by atoms with Crippen LogP contribution in [0.25, 0.3) is 0 Å². The van der Waals surface area contributed by atoms with Crippen molar-refractivity contribution >= 4 is 7.60 Å².